The minimum absolute atomic E-state index is 0.153. The predicted octanol–water partition coefficient (Wildman–Crippen LogP) is 3.57. The highest BCUT2D eigenvalue weighted by atomic mass is 16.5. The summed E-state index contributed by atoms with van der Waals surface area (Å²) in [6, 6.07) is 11.5. The fourth-order valence-electron chi connectivity index (χ4n) is 3.15. The molecule has 1 aromatic heterocycles. The molecule has 0 aliphatic carbocycles. The molecule has 0 fully saturated rings. The van der Waals surface area contributed by atoms with E-state index in [1.807, 2.05) is 43.5 Å². The van der Waals surface area contributed by atoms with Gasteiger partial charge in [-0.25, -0.2) is 0 Å². The van der Waals surface area contributed by atoms with Gasteiger partial charge in [0.05, 0.1) is 13.7 Å². The molecule has 0 radical (unpaired) electrons. The molecule has 1 heterocycles. The number of aromatic amines is 1. The lowest BCUT2D eigenvalue weighted by Gasteiger charge is -2.16. The number of phenols is 1. The van der Waals surface area contributed by atoms with Gasteiger partial charge < -0.3 is 25.3 Å². The van der Waals surface area contributed by atoms with Gasteiger partial charge in [-0.1, -0.05) is 6.07 Å². The van der Waals surface area contributed by atoms with E-state index >= 15 is 0 Å². The highest BCUT2D eigenvalue weighted by Gasteiger charge is 2.17. The van der Waals surface area contributed by atoms with E-state index in [1.54, 1.807) is 13.2 Å². The average molecular weight is 340 g/mol. The number of phenolic OH excluding ortho intramolecular Hbond substituents is 1. The van der Waals surface area contributed by atoms with Crippen molar-refractivity contribution in [1.82, 2.24) is 4.98 Å². The minimum Gasteiger partial charge on any atom is -0.504 e. The van der Waals surface area contributed by atoms with Gasteiger partial charge in [0.25, 0.3) is 0 Å². The number of fused-ring (bicyclic) bond motifs is 1. The lowest BCUT2D eigenvalue weighted by Crippen LogP contribution is -2.14. The number of rotatable bonds is 7. The van der Waals surface area contributed by atoms with Crippen LogP contribution in [0.3, 0.4) is 0 Å². The van der Waals surface area contributed by atoms with Crippen molar-refractivity contribution in [2.75, 3.05) is 20.3 Å². The summed E-state index contributed by atoms with van der Waals surface area (Å²) >= 11 is 0. The average Bonchev–Trinajstić information content (AvgIpc) is 3.05. The molecule has 1 unspecified atom stereocenters. The van der Waals surface area contributed by atoms with Gasteiger partial charge in [0.1, 0.15) is 5.75 Å². The maximum Gasteiger partial charge on any atom is 0.161 e. The summed E-state index contributed by atoms with van der Waals surface area (Å²) in [4.78, 5) is 3.31. The zero-order valence-electron chi connectivity index (χ0n) is 14.6. The van der Waals surface area contributed by atoms with Crippen LogP contribution in [0.2, 0.25) is 0 Å². The van der Waals surface area contributed by atoms with Crippen molar-refractivity contribution >= 4 is 10.9 Å². The normalized spacial score (nSPS) is 12.3. The van der Waals surface area contributed by atoms with Crippen molar-refractivity contribution in [2.24, 2.45) is 5.73 Å². The Labute approximate surface area is 147 Å². The Morgan fingerprint density at radius 1 is 1.20 bits per heavy atom. The molecular weight excluding hydrogens is 316 g/mol. The number of benzene rings is 2. The first-order valence-electron chi connectivity index (χ1n) is 8.46. The van der Waals surface area contributed by atoms with Gasteiger partial charge in [-0.3, -0.25) is 0 Å². The quantitative estimate of drug-likeness (QED) is 0.614. The number of H-pyrrole nitrogens is 1. The summed E-state index contributed by atoms with van der Waals surface area (Å²) in [5, 5.41) is 11.0. The Bertz CT molecular complexity index is 857. The van der Waals surface area contributed by atoms with E-state index in [0.29, 0.717) is 18.9 Å². The maximum atomic E-state index is 9.87. The van der Waals surface area contributed by atoms with Gasteiger partial charge in [0.15, 0.2) is 11.5 Å². The lowest BCUT2D eigenvalue weighted by molar-refractivity contribution is 0.317. The van der Waals surface area contributed by atoms with Crippen LogP contribution in [-0.4, -0.2) is 30.4 Å². The summed E-state index contributed by atoms with van der Waals surface area (Å²) < 4.78 is 10.8. The number of aromatic nitrogens is 1. The Kier molecular flexibility index (Phi) is 5.14. The SMILES string of the molecule is CCOc1cc(CC(CN)c2c[nH]c3ccc(OC)cc23)ccc1O. The first-order chi connectivity index (χ1) is 12.2. The molecule has 132 valence electrons. The number of hydrogen-bond donors (Lipinski definition) is 3. The Balaban J connectivity index is 1.92. The summed E-state index contributed by atoms with van der Waals surface area (Å²) in [7, 11) is 1.67. The molecule has 1 atom stereocenters. The van der Waals surface area contributed by atoms with Crippen molar-refractivity contribution in [2.45, 2.75) is 19.3 Å². The molecule has 0 spiro atoms. The molecule has 4 N–H and O–H groups in total. The number of ether oxygens (including phenoxy) is 2. The largest absolute Gasteiger partial charge is 0.504 e. The molecule has 3 rings (SSSR count). The first-order valence-corrected chi connectivity index (χ1v) is 8.46. The van der Waals surface area contributed by atoms with Gasteiger partial charge in [-0.05, 0) is 61.3 Å². The van der Waals surface area contributed by atoms with Gasteiger partial charge in [-0.15, -0.1) is 0 Å². The van der Waals surface area contributed by atoms with Crippen LogP contribution in [-0.2, 0) is 6.42 Å². The van der Waals surface area contributed by atoms with Crippen LogP contribution in [0, 0.1) is 0 Å². The van der Waals surface area contributed by atoms with E-state index in [0.717, 1.165) is 28.6 Å². The van der Waals surface area contributed by atoms with E-state index in [1.165, 1.54) is 5.56 Å². The van der Waals surface area contributed by atoms with E-state index in [4.69, 9.17) is 15.2 Å². The molecule has 5 heteroatoms. The molecule has 0 aliphatic rings. The second-order valence-corrected chi connectivity index (χ2v) is 6.03. The van der Waals surface area contributed by atoms with Crippen LogP contribution < -0.4 is 15.2 Å². The van der Waals surface area contributed by atoms with Crippen molar-refractivity contribution in [3.8, 4) is 17.2 Å². The van der Waals surface area contributed by atoms with Crippen LogP contribution in [0.25, 0.3) is 10.9 Å². The van der Waals surface area contributed by atoms with E-state index in [2.05, 4.69) is 4.98 Å². The number of nitrogens with two attached hydrogens (primary N) is 1. The Morgan fingerprint density at radius 2 is 2.04 bits per heavy atom. The highest BCUT2D eigenvalue weighted by Crippen LogP contribution is 2.33. The molecule has 0 aliphatic heterocycles. The van der Waals surface area contributed by atoms with Crippen LogP contribution in [0.15, 0.2) is 42.6 Å². The van der Waals surface area contributed by atoms with E-state index in [9.17, 15) is 5.11 Å². The summed E-state index contributed by atoms with van der Waals surface area (Å²) in [5.74, 6) is 1.65. The topological polar surface area (TPSA) is 80.5 Å². The van der Waals surface area contributed by atoms with Gasteiger partial charge in [-0.2, -0.15) is 0 Å². The van der Waals surface area contributed by atoms with Crippen LogP contribution in [0.4, 0.5) is 0 Å². The molecule has 2 aromatic carbocycles. The molecule has 0 saturated heterocycles. The third kappa shape index (κ3) is 3.56. The molecule has 0 amide bonds. The fraction of sp³-hybridized carbons (Fsp3) is 0.300. The summed E-state index contributed by atoms with van der Waals surface area (Å²) in [6.45, 7) is 2.93. The smallest absolute Gasteiger partial charge is 0.161 e. The standard InChI is InChI=1S/C20H24N2O3/c1-3-25-20-9-13(4-7-19(20)23)8-14(11-21)17-12-22-18-6-5-15(24-2)10-16(17)18/h4-7,9-10,12,14,22-23H,3,8,11,21H2,1-2H3. The molecule has 5 nitrogen and oxygen atoms in total. The van der Waals surface area contributed by atoms with E-state index in [-0.39, 0.29) is 11.7 Å². The molecular formula is C20H24N2O3. The third-order valence-electron chi connectivity index (χ3n) is 4.45. The maximum absolute atomic E-state index is 9.87. The van der Waals surface area contributed by atoms with Crippen LogP contribution in [0.1, 0.15) is 24.0 Å². The van der Waals surface area contributed by atoms with E-state index < -0.39 is 0 Å². The molecule has 0 bridgehead atoms. The number of hydrogen-bond acceptors (Lipinski definition) is 4. The van der Waals surface area contributed by atoms with Gasteiger partial charge in [0, 0.05) is 23.0 Å². The van der Waals surface area contributed by atoms with Crippen LogP contribution in [0.5, 0.6) is 17.2 Å². The summed E-state index contributed by atoms with van der Waals surface area (Å²) in [6.07, 6.45) is 2.78. The monoisotopic (exact) mass is 340 g/mol. The number of aromatic hydroxyl groups is 1. The minimum atomic E-state index is 0.153. The van der Waals surface area contributed by atoms with Crippen molar-refractivity contribution in [1.29, 1.82) is 0 Å². The number of methoxy groups -OCH3 is 1. The zero-order chi connectivity index (χ0) is 17.8. The molecule has 0 saturated carbocycles. The lowest BCUT2D eigenvalue weighted by atomic mass is 9.91. The van der Waals surface area contributed by atoms with Gasteiger partial charge >= 0.3 is 0 Å². The molecule has 3 aromatic rings. The summed E-state index contributed by atoms with van der Waals surface area (Å²) in [5.41, 5.74) is 9.39. The zero-order valence-corrected chi connectivity index (χ0v) is 14.6. The van der Waals surface area contributed by atoms with Crippen molar-refractivity contribution in [3.05, 3.63) is 53.7 Å². The van der Waals surface area contributed by atoms with Crippen LogP contribution >= 0.6 is 0 Å². The Hall–Kier alpha value is -2.66. The predicted molar refractivity (Wildman–Crippen MR) is 99.6 cm³/mol. The van der Waals surface area contributed by atoms with Gasteiger partial charge in [0.2, 0.25) is 0 Å². The first kappa shape index (κ1) is 17.2. The highest BCUT2D eigenvalue weighted by molar-refractivity contribution is 5.85. The second kappa shape index (κ2) is 7.49. The van der Waals surface area contributed by atoms with Crippen molar-refractivity contribution in [3.63, 3.8) is 0 Å². The second-order valence-electron chi connectivity index (χ2n) is 6.03. The Morgan fingerprint density at radius 3 is 2.76 bits per heavy atom. The fourth-order valence-corrected chi connectivity index (χ4v) is 3.15. The van der Waals surface area contributed by atoms with Crippen molar-refractivity contribution < 1.29 is 14.6 Å². The molecule has 25 heavy (non-hydrogen) atoms. The number of nitrogens with one attached hydrogen (secondary N) is 1. The third-order valence-corrected chi connectivity index (χ3v) is 4.45.